The molecule has 0 amide bonds. The summed E-state index contributed by atoms with van der Waals surface area (Å²) >= 11 is 0. The van der Waals surface area contributed by atoms with E-state index in [-0.39, 0.29) is 5.41 Å². The van der Waals surface area contributed by atoms with Gasteiger partial charge in [0.15, 0.2) is 0 Å². The van der Waals surface area contributed by atoms with Crippen molar-refractivity contribution >= 4 is 0 Å². The summed E-state index contributed by atoms with van der Waals surface area (Å²) in [5.74, 6) is 0.561. The minimum Gasteiger partial charge on any atom is -0.378 e. The van der Waals surface area contributed by atoms with Gasteiger partial charge in [-0.05, 0) is 56.7 Å². The van der Waals surface area contributed by atoms with Crippen LogP contribution in [-0.4, -0.2) is 19.3 Å². The first-order valence-corrected chi connectivity index (χ1v) is 10.5. The normalized spacial score (nSPS) is 24.1. The SMILES string of the molecule is Cc1ccc([C@]2(CCN[C@H](C)c3ccccc3)CCO[C@H](C(C)C)C2)cc1. The van der Waals surface area contributed by atoms with Crippen LogP contribution in [-0.2, 0) is 10.2 Å². The molecule has 3 rings (SSSR count). The van der Waals surface area contributed by atoms with Gasteiger partial charge in [0.05, 0.1) is 6.10 Å². The number of hydrogen-bond donors (Lipinski definition) is 1. The number of ether oxygens (including phenoxy) is 1. The van der Waals surface area contributed by atoms with Gasteiger partial charge in [0.1, 0.15) is 0 Å². The topological polar surface area (TPSA) is 21.3 Å². The molecule has 1 saturated heterocycles. The van der Waals surface area contributed by atoms with Crippen LogP contribution in [0.4, 0.5) is 0 Å². The van der Waals surface area contributed by atoms with Gasteiger partial charge >= 0.3 is 0 Å². The van der Waals surface area contributed by atoms with E-state index in [2.05, 4.69) is 87.6 Å². The van der Waals surface area contributed by atoms with E-state index in [9.17, 15) is 0 Å². The summed E-state index contributed by atoms with van der Waals surface area (Å²) in [4.78, 5) is 0. The average Bonchev–Trinajstić information content (AvgIpc) is 2.69. The predicted octanol–water partition coefficient (Wildman–Crippen LogP) is 5.81. The number of hydrogen-bond acceptors (Lipinski definition) is 2. The molecular weight excluding hydrogens is 330 g/mol. The highest BCUT2D eigenvalue weighted by atomic mass is 16.5. The summed E-state index contributed by atoms with van der Waals surface area (Å²) < 4.78 is 6.12. The fourth-order valence-corrected chi connectivity index (χ4v) is 4.31. The zero-order valence-electron chi connectivity index (χ0n) is 17.4. The van der Waals surface area contributed by atoms with Crippen LogP contribution >= 0.6 is 0 Å². The van der Waals surface area contributed by atoms with Crippen molar-refractivity contribution in [2.24, 2.45) is 5.92 Å². The third kappa shape index (κ3) is 5.00. The van der Waals surface area contributed by atoms with Gasteiger partial charge in [-0.2, -0.15) is 0 Å². The number of nitrogens with one attached hydrogen (secondary N) is 1. The second kappa shape index (κ2) is 9.03. The highest BCUT2D eigenvalue weighted by molar-refractivity contribution is 5.30. The molecular formula is C25H35NO. The van der Waals surface area contributed by atoms with Gasteiger partial charge in [0, 0.05) is 18.1 Å². The lowest BCUT2D eigenvalue weighted by atomic mass is 9.68. The van der Waals surface area contributed by atoms with Gasteiger partial charge in [0.2, 0.25) is 0 Å². The molecule has 0 aliphatic carbocycles. The van der Waals surface area contributed by atoms with E-state index >= 15 is 0 Å². The van der Waals surface area contributed by atoms with Crippen molar-refractivity contribution in [3.8, 4) is 0 Å². The summed E-state index contributed by atoms with van der Waals surface area (Å²) in [6.07, 6.45) is 3.74. The molecule has 0 radical (unpaired) electrons. The fourth-order valence-electron chi connectivity index (χ4n) is 4.31. The van der Waals surface area contributed by atoms with Crippen LogP contribution in [0.1, 0.15) is 62.8 Å². The largest absolute Gasteiger partial charge is 0.378 e. The third-order valence-electron chi connectivity index (χ3n) is 6.27. The minimum atomic E-state index is 0.213. The average molecular weight is 366 g/mol. The van der Waals surface area contributed by atoms with Crippen molar-refractivity contribution in [2.45, 2.75) is 64.5 Å². The van der Waals surface area contributed by atoms with Crippen molar-refractivity contribution in [2.75, 3.05) is 13.2 Å². The zero-order chi connectivity index (χ0) is 19.3. The highest BCUT2D eigenvalue weighted by Gasteiger charge is 2.39. The lowest BCUT2D eigenvalue weighted by Crippen LogP contribution is -2.42. The van der Waals surface area contributed by atoms with E-state index in [4.69, 9.17) is 4.74 Å². The molecule has 2 aromatic rings. The van der Waals surface area contributed by atoms with Gasteiger partial charge in [-0.3, -0.25) is 0 Å². The molecule has 1 aliphatic rings. The van der Waals surface area contributed by atoms with Crippen LogP contribution in [0, 0.1) is 12.8 Å². The van der Waals surface area contributed by atoms with Gasteiger partial charge in [-0.1, -0.05) is 74.0 Å². The van der Waals surface area contributed by atoms with E-state index < -0.39 is 0 Å². The Hall–Kier alpha value is -1.64. The predicted molar refractivity (Wildman–Crippen MR) is 114 cm³/mol. The van der Waals surface area contributed by atoms with Gasteiger partial charge < -0.3 is 10.1 Å². The van der Waals surface area contributed by atoms with Gasteiger partial charge in [0.25, 0.3) is 0 Å². The van der Waals surface area contributed by atoms with Gasteiger partial charge in [-0.25, -0.2) is 0 Å². The van der Waals surface area contributed by atoms with Crippen molar-refractivity contribution in [3.63, 3.8) is 0 Å². The van der Waals surface area contributed by atoms with E-state index in [1.54, 1.807) is 0 Å². The lowest BCUT2D eigenvalue weighted by molar-refractivity contribution is -0.0470. The van der Waals surface area contributed by atoms with Crippen molar-refractivity contribution in [1.29, 1.82) is 0 Å². The molecule has 3 atom stereocenters. The first-order chi connectivity index (χ1) is 13.0. The monoisotopic (exact) mass is 365 g/mol. The Morgan fingerprint density at radius 2 is 1.74 bits per heavy atom. The Morgan fingerprint density at radius 1 is 1.04 bits per heavy atom. The molecule has 0 saturated carbocycles. The maximum atomic E-state index is 6.12. The van der Waals surface area contributed by atoms with Gasteiger partial charge in [-0.15, -0.1) is 0 Å². The molecule has 1 heterocycles. The molecule has 0 unspecified atom stereocenters. The summed E-state index contributed by atoms with van der Waals surface area (Å²) in [6.45, 7) is 10.9. The second-order valence-corrected chi connectivity index (χ2v) is 8.59. The molecule has 1 aliphatic heterocycles. The number of aryl methyl sites for hydroxylation is 1. The minimum absolute atomic E-state index is 0.213. The molecule has 146 valence electrons. The molecule has 0 bridgehead atoms. The van der Waals surface area contributed by atoms with Crippen LogP contribution in [0.15, 0.2) is 54.6 Å². The number of benzene rings is 2. The van der Waals surface area contributed by atoms with Crippen LogP contribution in [0.25, 0.3) is 0 Å². The third-order valence-corrected chi connectivity index (χ3v) is 6.27. The highest BCUT2D eigenvalue weighted by Crippen LogP contribution is 2.41. The Labute approximate surface area is 165 Å². The first kappa shape index (κ1) is 20.1. The summed E-state index contributed by atoms with van der Waals surface area (Å²) in [5, 5.41) is 3.76. The molecule has 0 spiro atoms. The smallest absolute Gasteiger partial charge is 0.0606 e. The number of rotatable bonds is 7. The molecule has 27 heavy (non-hydrogen) atoms. The Bertz CT molecular complexity index is 694. The second-order valence-electron chi connectivity index (χ2n) is 8.59. The van der Waals surface area contributed by atoms with E-state index in [0.717, 1.165) is 32.4 Å². The standard InChI is InChI=1S/C25H35NO/c1-19(2)24-18-25(15-17-27-24,23-12-10-20(3)11-13-23)14-16-26-21(4)22-8-6-5-7-9-22/h5-13,19,21,24,26H,14-18H2,1-4H3/t21-,24+,25-/m1/s1. The maximum absolute atomic E-state index is 6.12. The van der Waals surface area contributed by atoms with Crippen LogP contribution < -0.4 is 5.32 Å². The molecule has 2 nitrogen and oxygen atoms in total. The molecule has 2 heteroatoms. The summed E-state index contributed by atoms with van der Waals surface area (Å²) in [7, 11) is 0. The fraction of sp³-hybridized carbons (Fsp3) is 0.520. The van der Waals surface area contributed by atoms with E-state index in [0.29, 0.717) is 18.1 Å². The quantitative estimate of drug-likeness (QED) is 0.668. The maximum Gasteiger partial charge on any atom is 0.0606 e. The zero-order valence-corrected chi connectivity index (χ0v) is 17.4. The molecule has 0 aromatic heterocycles. The first-order valence-electron chi connectivity index (χ1n) is 10.5. The van der Waals surface area contributed by atoms with Crippen molar-refractivity contribution in [3.05, 3.63) is 71.3 Å². The Balaban J connectivity index is 1.73. The summed E-state index contributed by atoms with van der Waals surface area (Å²) in [6, 6.07) is 20.3. The van der Waals surface area contributed by atoms with Crippen LogP contribution in [0.3, 0.4) is 0 Å². The Morgan fingerprint density at radius 3 is 2.41 bits per heavy atom. The van der Waals surface area contributed by atoms with Crippen LogP contribution in [0.2, 0.25) is 0 Å². The molecule has 2 aromatic carbocycles. The Kier molecular flexibility index (Phi) is 6.73. The van der Waals surface area contributed by atoms with Crippen molar-refractivity contribution < 1.29 is 4.74 Å². The van der Waals surface area contributed by atoms with Crippen LogP contribution in [0.5, 0.6) is 0 Å². The van der Waals surface area contributed by atoms with E-state index in [1.165, 1.54) is 16.7 Å². The van der Waals surface area contributed by atoms with E-state index in [1.807, 2.05) is 0 Å². The lowest BCUT2D eigenvalue weighted by Gasteiger charge is -2.43. The molecule has 1 fully saturated rings. The molecule has 1 N–H and O–H groups in total. The van der Waals surface area contributed by atoms with Crippen molar-refractivity contribution in [1.82, 2.24) is 5.32 Å². The summed E-state index contributed by atoms with van der Waals surface area (Å²) in [5.41, 5.74) is 4.38.